The summed E-state index contributed by atoms with van der Waals surface area (Å²) < 4.78 is 8.59. The molecule has 45 heavy (non-hydrogen) atoms. The van der Waals surface area contributed by atoms with Crippen molar-refractivity contribution in [1.29, 1.82) is 0 Å². The second-order valence-corrected chi connectivity index (χ2v) is 13.7. The molecule has 0 radical (unpaired) electrons. The van der Waals surface area contributed by atoms with Gasteiger partial charge in [0, 0.05) is 30.8 Å². The van der Waals surface area contributed by atoms with E-state index in [4.69, 9.17) is 16.3 Å². The Balaban J connectivity index is 0.00000705. The zero-order valence-electron chi connectivity index (χ0n) is 28.4. The zero-order valence-corrected chi connectivity index (χ0v) is 31.3. The number of hydrogen-bond donors (Lipinski definition) is 0. The van der Waals surface area contributed by atoms with E-state index in [0.29, 0.717) is 30.3 Å². The first-order valence-corrected chi connectivity index (χ1v) is 17.3. The van der Waals surface area contributed by atoms with E-state index in [1.807, 2.05) is 41.0 Å². The molecule has 1 heterocycles. The molecule has 0 atom stereocenters. The second kappa shape index (κ2) is 20.9. The maximum atomic E-state index is 13.9. The van der Waals surface area contributed by atoms with Crippen LogP contribution in [0.1, 0.15) is 132 Å². The number of carbonyl (C=O) groups is 1. The summed E-state index contributed by atoms with van der Waals surface area (Å²) in [5.74, 6) is 0.830. The lowest BCUT2D eigenvalue weighted by Crippen LogP contribution is -3.00. The molecule has 0 aliphatic carbocycles. The number of aromatic nitrogens is 1. The summed E-state index contributed by atoms with van der Waals surface area (Å²) in [4.78, 5) is 15.8. The summed E-state index contributed by atoms with van der Waals surface area (Å²) in [7, 11) is 1.99. The Labute approximate surface area is 295 Å². The van der Waals surface area contributed by atoms with E-state index in [9.17, 15) is 4.79 Å². The van der Waals surface area contributed by atoms with E-state index >= 15 is 0 Å². The van der Waals surface area contributed by atoms with Crippen molar-refractivity contribution in [3.8, 4) is 5.75 Å². The molecule has 0 aliphatic heterocycles. The van der Waals surface area contributed by atoms with Gasteiger partial charge in [0.05, 0.1) is 17.2 Å². The van der Waals surface area contributed by atoms with E-state index in [0.717, 1.165) is 23.3 Å². The van der Waals surface area contributed by atoms with E-state index in [1.165, 1.54) is 76.2 Å². The first-order chi connectivity index (χ1) is 21.2. The number of nitrogens with zero attached hydrogens (tertiary/aromatic N) is 2. The molecule has 6 heteroatoms. The minimum absolute atomic E-state index is 0. The van der Waals surface area contributed by atoms with Gasteiger partial charge in [-0.15, -0.1) is 0 Å². The minimum atomic E-state index is -0.0896. The maximum Gasteiger partial charge on any atom is 0.255 e. The highest BCUT2D eigenvalue weighted by molar-refractivity contribution is 6.33. The number of carbonyl (C=O) groups excluding carboxylic acids is 1. The van der Waals surface area contributed by atoms with Gasteiger partial charge in [-0.05, 0) is 35.1 Å². The quantitative estimate of drug-likeness (QED) is 0.0729. The molecule has 0 saturated carbocycles. The first kappa shape index (κ1) is 39.1. The number of para-hydroxylation sites is 1. The number of pyridine rings is 1. The Kier molecular flexibility index (Phi) is 18.1. The minimum Gasteiger partial charge on any atom is -1.00 e. The van der Waals surface area contributed by atoms with E-state index < -0.39 is 0 Å². The Morgan fingerprint density at radius 1 is 0.778 bits per heavy atom. The largest absolute Gasteiger partial charge is 1.00 e. The summed E-state index contributed by atoms with van der Waals surface area (Å²) >= 11 is 6.50. The summed E-state index contributed by atoms with van der Waals surface area (Å²) in [5.41, 5.74) is 3.69. The molecule has 4 nitrogen and oxygen atoms in total. The number of benzene rings is 2. The van der Waals surface area contributed by atoms with Gasteiger partial charge in [0.25, 0.3) is 5.91 Å². The van der Waals surface area contributed by atoms with Crippen molar-refractivity contribution < 1.29 is 38.1 Å². The molecule has 2 aromatic carbocycles. The lowest BCUT2D eigenvalue weighted by atomic mass is 9.85. The lowest BCUT2D eigenvalue weighted by molar-refractivity contribution is -0.671. The summed E-state index contributed by atoms with van der Waals surface area (Å²) in [6.07, 6.45) is 19.8. The normalized spacial score (nSPS) is 11.2. The van der Waals surface area contributed by atoms with Crippen molar-refractivity contribution in [2.75, 3.05) is 6.61 Å². The third kappa shape index (κ3) is 13.6. The zero-order chi connectivity index (χ0) is 31.8. The third-order valence-electron chi connectivity index (χ3n) is 8.32. The molecule has 1 amide bonds. The molecule has 3 rings (SSSR count). The van der Waals surface area contributed by atoms with Crippen LogP contribution in [0.4, 0.5) is 0 Å². The van der Waals surface area contributed by atoms with Gasteiger partial charge in [-0.1, -0.05) is 140 Å². The highest BCUT2D eigenvalue weighted by atomic mass is 127. The van der Waals surface area contributed by atoms with Crippen molar-refractivity contribution in [2.45, 2.75) is 123 Å². The Hall–Kier alpha value is -2.12. The molecule has 248 valence electrons. The SMILES string of the molecule is CCCCCCCCCCCCCCOc1c(CN(Cc2cc[n+](C)cc2)C(=O)c2ccccc2Cl)cccc1C(C)(C)C.[I-]. The van der Waals surface area contributed by atoms with Crippen LogP contribution in [-0.2, 0) is 25.6 Å². The van der Waals surface area contributed by atoms with Gasteiger partial charge in [-0.25, -0.2) is 4.57 Å². The molecule has 0 unspecified atom stereocenters. The van der Waals surface area contributed by atoms with Crippen LogP contribution in [0.25, 0.3) is 0 Å². The number of halogens is 2. The van der Waals surface area contributed by atoms with Crippen LogP contribution >= 0.6 is 11.6 Å². The number of unbranched alkanes of at least 4 members (excludes halogenated alkanes) is 11. The van der Waals surface area contributed by atoms with Crippen molar-refractivity contribution in [2.24, 2.45) is 7.05 Å². The molecule has 0 bridgehead atoms. The predicted octanol–water partition coefficient (Wildman–Crippen LogP) is 7.39. The van der Waals surface area contributed by atoms with Crippen molar-refractivity contribution in [3.63, 3.8) is 0 Å². The molecule has 0 spiro atoms. The predicted molar refractivity (Wildman–Crippen MR) is 184 cm³/mol. The lowest BCUT2D eigenvalue weighted by Gasteiger charge is -2.28. The van der Waals surface area contributed by atoms with Crippen molar-refractivity contribution in [3.05, 3.63) is 94.3 Å². The molecular formula is C39H56ClIN2O2. The molecule has 0 fully saturated rings. The monoisotopic (exact) mass is 746 g/mol. The van der Waals surface area contributed by atoms with Crippen LogP contribution < -0.4 is 33.3 Å². The third-order valence-corrected chi connectivity index (χ3v) is 8.65. The van der Waals surface area contributed by atoms with E-state index in [2.05, 4.69) is 58.0 Å². The summed E-state index contributed by atoms with van der Waals surface area (Å²) in [6, 6.07) is 17.8. The smallest absolute Gasteiger partial charge is 0.255 e. The van der Waals surface area contributed by atoms with Crippen molar-refractivity contribution >= 4 is 17.5 Å². The van der Waals surface area contributed by atoms with Gasteiger partial charge in [0.2, 0.25) is 0 Å². The second-order valence-electron chi connectivity index (χ2n) is 13.3. The topological polar surface area (TPSA) is 33.4 Å². The Morgan fingerprint density at radius 3 is 1.93 bits per heavy atom. The number of rotatable bonds is 19. The van der Waals surface area contributed by atoms with Crippen molar-refractivity contribution in [1.82, 2.24) is 4.90 Å². The van der Waals surface area contributed by atoms with Gasteiger partial charge in [0.1, 0.15) is 12.8 Å². The number of amides is 1. The molecule has 0 saturated heterocycles. The molecule has 3 aromatic rings. The van der Waals surface area contributed by atoms with E-state index in [1.54, 1.807) is 12.1 Å². The van der Waals surface area contributed by atoms with E-state index in [-0.39, 0.29) is 35.3 Å². The van der Waals surface area contributed by atoms with Crippen LogP contribution in [0.3, 0.4) is 0 Å². The molecular weight excluding hydrogens is 691 g/mol. The fourth-order valence-electron chi connectivity index (χ4n) is 5.66. The number of hydrogen-bond acceptors (Lipinski definition) is 2. The molecule has 0 aliphatic rings. The highest BCUT2D eigenvalue weighted by Crippen LogP contribution is 2.35. The average molecular weight is 747 g/mol. The fourth-order valence-corrected chi connectivity index (χ4v) is 5.87. The fraction of sp³-hybridized carbons (Fsp3) is 0.538. The van der Waals surface area contributed by atoms with Crippen LogP contribution in [0.2, 0.25) is 5.02 Å². The van der Waals surface area contributed by atoms with Crippen LogP contribution in [-0.4, -0.2) is 17.4 Å². The summed E-state index contributed by atoms with van der Waals surface area (Å²) in [5, 5.41) is 0.467. The number of aryl methyl sites for hydroxylation is 1. The Bertz CT molecular complexity index is 1270. The van der Waals surface area contributed by atoms with Gasteiger partial charge >= 0.3 is 0 Å². The molecule has 0 N–H and O–H groups in total. The number of ether oxygens (including phenoxy) is 1. The summed E-state index contributed by atoms with van der Waals surface area (Å²) in [6.45, 7) is 10.5. The van der Waals surface area contributed by atoms with Gasteiger partial charge < -0.3 is 33.6 Å². The maximum absolute atomic E-state index is 13.9. The van der Waals surface area contributed by atoms with Crippen LogP contribution in [0, 0.1) is 0 Å². The van der Waals surface area contributed by atoms with Crippen LogP contribution in [0.15, 0.2) is 67.0 Å². The van der Waals surface area contributed by atoms with Gasteiger partial charge in [-0.2, -0.15) is 0 Å². The van der Waals surface area contributed by atoms with Gasteiger partial charge in [-0.3, -0.25) is 4.79 Å². The van der Waals surface area contributed by atoms with Crippen LogP contribution in [0.5, 0.6) is 5.75 Å². The Morgan fingerprint density at radius 2 is 1.36 bits per heavy atom. The average Bonchev–Trinajstić information content (AvgIpc) is 3.00. The van der Waals surface area contributed by atoms with Gasteiger partial charge in [0.15, 0.2) is 12.4 Å². The highest BCUT2D eigenvalue weighted by Gasteiger charge is 2.25. The standard InChI is InChI=1S/C39H56ClN2O2.HI/c1-6-7-8-9-10-11-12-13-14-15-16-19-29-44-37-33(21-20-23-35(37)39(2,3)4)31-42(30-32-25-27-41(5)28-26-32)38(43)34-22-17-18-24-36(34)40;/h17-18,20-28H,6-16,19,29-31H2,1-5H3;1H/q+1;/p-1. The first-order valence-electron chi connectivity index (χ1n) is 16.9. The molecule has 1 aromatic heterocycles.